The molecule has 0 amide bonds. The summed E-state index contributed by atoms with van der Waals surface area (Å²) < 4.78 is 5.15. The maximum Gasteiger partial charge on any atom is 0.225 e. The fraction of sp³-hybridized carbons (Fsp3) is 0.400. The zero-order valence-electron chi connectivity index (χ0n) is 13.2. The Labute approximate surface area is 130 Å². The van der Waals surface area contributed by atoms with E-state index in [9.17, 15) is 0 Å². The summed E-state index contributed by atoms with van der Waals surface area (Å²) in [5.74, 6) is 0.747. The van der Waals surface area contributed by atoms with Gasteiger partial charge in [0.2, 0.25) is 11.9 Å². The zero-order chi connectivity index (χ0) is 16.1. The van der Waals surface area contributed by atoms with E-state index >= 15 is 0 Å². The van der Waals surface area contributed by atoms with E-state index < -0.39 is 0 Å². The maximum absolute atomic E-state index is 5.64. The summed E-state index contributed by atoms with van der Waals surface area (Å²) in [5, 5.41) is 0. The third-order valence-corrected chi connectivity index (χ3v) is 3.43. The van der Waals surface area contributed by atoms with Crippen LogP contribution in [0.25, 0.3) is 11.4 Å². The first-order chi connectivity index (χ1) is 10.5. The molecule has 0 aliphatic carbocycles. The Morgan fingerprint density at radius 3 is 2.36 bits per heavy atom. The third kappa shape index (κ3) is 3.62. The molecule has 22 heavy (non-hydrogen) atoms. The SMILES string of the molecule is CCN(CCOC)c1ccc(-c2nc(N)nc(N)n2)c(C)c1. The minimum absolute atomic E-state index is 0.126. The van der Waals surface area contributed by atoms with Crippen LogP contribution in [0.2, 0.25) is 0 Å². The van der Waals surface area contributed by atoms with Crippen LogP contribution < -0.4 is 16.4 Å². The molecule has 2 rings (SSSR count). The number of methoxy groups -OCH3 is 1. The molecule has 0 bridgehead atoms. The standard InChI is InChI=1S/C15H22N6O/c1-4-21(7-8-22-3)11-5-6-12(10(2)9-11)13-18-14(16)20-15(17)19-13/h5-6,9H,4,7-8H2,1-3H3,(H4,16,17,18,19,20). The summed E-state index contributed by atoms with van der Waals surface area (Å²) in [4.78, 5) is 14.3. The summed E-state index contributed by atoms with van der Waals surface area (Å²) in [7, 11) is 1.71. The number of likely N-dealkylation sites (N-methyl/N-ethyl adjacent to an activating group) is 1. The van der Waals surface area contributed by atoms with Gasteiger partial charge in [-0.25, -0.2) is 0 Å². The van der Waals surface area contributed by atoms with Gasteiger partial charge in [-0.05, 0) is 37.6 Å². The summed E-state index contributed by atoms with van der Waals surface area (Å²) >= 11 is 0. The van der Waals surface area contributed by atoms with Crippen LogP contribution in [-0.4, -0.2) is 41.8 Å². The van der Waals surface area contributed by atoms with E-state index in [1.807, 2.05) is 19.1 Å². The van der Waals surface area contributed by atoms with Gasteiger partial charge in [-0.1, -0.05) is 0 Å². The molecule has 0 radical (unpaired) electrons. The molecule has 0 atom stereocenters. The second-order valence-corrected chi connectivity index (χ2v) is 4.95. The molecule has 7 heteroatoms. The molecule has 1 heterocycles. The molecule has 0 fully saturated rings. The molecule has 4 N–H and O–H groups in total. The molecule has 0 saturated carbocycles. The Bertz CT molecular complexity index is 626. The predicted molar refractivity (Wildman–Crippen MR) is 88.6 cm³/mol. The first kappa shape index (κ1) is 16.0. The highest BCUT2D eigenvalue weighted by molar-refractivity contribution is 5.66. The van der Waals surface area contributed by atoms with Crippen LogP contribution in [0.4, 0.5) is 17.6 Å². The van der Waals surface area contributed by atoms with Crippen molar-refractivity contribution in [3.8, 4) is 11.4 Å². The van der Waals surface area contributed by atoms with Crippen molar-refractivity contribution in [2.45, 2.75) is 13.8 Å². The summed E-state index contributed by atoms with van der Waals surface area (Å²) in [6.07, 6.45) is 0. The van der Waals surface area contributed by atoms with Crippen molar-refractivity contribution in [2.24, 2.45) is 0 Å². The molecule has 0 aliphatic heterocycles. The second-order valence-electron chi connectivity index (χ2n) is 4.95. The quantitative estimate of drug-likeness (QED) is 0.833. The first-order valence-corrected chi connectivity index (χ1v) is 7.17. The summed E-state index contributed by atoms with van der Waals surface area (Å²) in [5.41, 5.74) is 14.4. The number of aryl methyl sites for hydroxylation is 1. The molecular weight excluding hydrogens is 280 g/mol. The van der Waals surface area contributed by atoms with Gasteiger partial charge in [-0.3, -0.25) is 0 Å². The van der Waals surface area contributed by atoms with Gasteiger partial charge in [-0.2, -0.15) is 15.0 Å². The Morgan fingerprint density at radius 2 is 1.82 bits per heavy atom. The van der Waals surface area contributed by atoms with Crippen molar-refractivity contribution in [1.29, 1.82) is 0 Å². The van der Waals surface area contributed by atoms with Gasteiger partial charge in [0.1, 0.15) is 0 Å². The smallest absolute Gasteiger partial charge is 0.225 e. The Hall–Kier alpha value is -2.41. The normalized spacial score (nSPS) is 10.7. The van der Waals surface area contributed by atoms with Gasteiger partial charge in [-0.15, -0.1) is 0 Å². The van der Waals surface area contributed by atoms with Crippen molar-refractivity contribution in [3.05, 3.63) is 23.8 Å². The highest BCUT2D eigenvalue weighted by atomic mass is 16.5. The Balaban J connectivity index is 2.32. The number of hydrogen-bond acceptors (Lipinski definition) is 7. The maximum atomic E-state index is 5.64. The molecule has 1 aromatic heterocycles. The lowest BCUT2D eigenvalue weighted by atomic mass is 10.1. The van der Waals surface area contributed by atoms with Crippen molar-refractivity contribution >= 4 is 17.6 Å². The number of nitrogens with two attached hydrogens (primary N) is 2. The molecule has 1 aromatic carbocycles. The Kier molecular flexibility index (Phi) is 5.11. The average Bonchev–Trinajstić information content (AvgIpc) is 2.47. The highest BCUT2D eigenvalue weighted by Crippen LogP contribution is 2.25. The molecule has 0 aliphatic rings. The topological polar surface area (TPSA) is 103 Å². The lowest BCUT2D eigenvalue weighted by Gasteiger charge is -2.23. The van der Waals surface area contributed by atoms with Crippen molar-refractivity contribution in [2.75, 3.05) is 43.2 Å². The van der Waals surface area contributed by atoms with E-state index in [0.29, 0.717) is 12.4 Å². The van der Waals surface area contributed by atoms with E-state index in [1.165, 1.54) is 0 Å². The summed E-state index contributed by atoms with van der Waals surface area (Å²) in [6.45, 7) is 6.58. The second kappa shape index (κ2) is 7.04. The molecule has 0 unspecified atom stereocenters. The number of nitrogens with zero attached hydrogens (tertiary/aromatic N) is 4. The molecule has 2 aromatic rings. The fourth-order valence-electron chi connectivity index (χ4n) is 2.30. The number of aromatic nitrogens is 3. The lowest BCUT2D eigenvalue weighted by Crippen LogP contribution is -2.26. The number of anilines is 3. The first-order valence-electron chi connectivity index (χ1n) is 7.17. The number of ether oxygens (including phenoxy) is 1. The average molecular weight is 302 g/mol. The van der Waals surface area contributed by atoms with Gasteiger partial charge in [0, 0.05) is 31.5 Å². The van der Waals surface area contributed by atoms with Gasteiger partial charge < -0.3 is 21.1 Å². The van der Waals surface area contributed by atoms with Gasteiger partial charge in [0.15, 0.2) is 5.82 Å². The number of rotatable bonds is 6. The minimum Gasteiger partial charge on any atom is -0.383 e. The lowest BCUT2D eigenvalue weighted by molar-refractivity contribution is 0.205. The third-order valence-electron chi connectivity index (χ3n) is 3.43. The molecule has 7 nitrogen and oxygen atoms in total. The van der Waals surface area contributed by atoms with E-state index in [0.717, 1.165) is 29.9 Å². The largest absolute Gasteiger partial charge is 0.383 e. The monoisotopic (exact) mass is 302 g/mol. The molecule has 0 saturated heterocycles. The van der Waals surface area contributed by atoms with E-state index in [1.54, 1.807) is 7.11 Å². The van der Waals surface area contributed by atoms with Gasteiger partial charge in [0.25, 0.3) is 0 Å². The van der Waals surface area contributed by atoms with Crippen LogP contribution in [0.1, 0.15) is 12.5 Å². The van der Waals surface area contributed by atoms with Crippen molar-refractivity contribution in [1.82, 2.24) is 15.0 Å². The zero-order valence-corrected chi connectivity index (χ0v) is 13.2. The van der Waals surface area contributed by atoms with E-state index in [4.69, 9.17) is 16.2 Å². The van der Waals surface area contributed by atoms with E-state index in [-0.39, 0.29) is 11.9 Å². The van der Waals surface area contributed by atoms with Crippen LogP contribution in [0.5, 0.6) is 0 Å². The molecule has 118 valence electrons. The Morgan fingerprint density at radius 1 is 1.14 bits per heavy atom. The number of benzene rings is 1. The van der Waals surface area contributed by atoms with E-state index in [2.05, 4.69) is 32.8 Å². The van der Waals surface area contributed by atoms with Crippen molar-refractivity contribution < 1.29 is 4.74 Å². The number of hydrogen-bond donors (Lipinski definition) is 2. The van der Waals surface area contributed by atoms with Gasteiger partial charge >= 0.3 is 0 Å². The van der Waals surface area contributed by atoms with Crippen LogP contribution in [-0.2, 0) is 4.74 Å². The highest BCUT2D eigenvalue weighted by Gasteiger charge is 2.11. The van der Waals surface area contributed by atoms with Gasteiger partial charge in [0.05, 0.1) is 6.61 Å². The van der Waals surface area contributed by atoms with Crippen LogP contribution >= 0.6 is 0 Å². The molecule has 0 spiro atoms. The van der Waals surface area contributed by atoms with Crippen LogP contribution in [0.15, 0.2) is 18.2 Å². The fourth-order valence-corrected chi connectivity index (χ4v) is 2.30. The van der Waals surface area contributed by atoms with Crippen molar-refractivity contribution in [3.63, 3.8) is 0 Å². The minimum atomic E-state index is 0.126. The van der Waals surface area contributed by atoms with Crippen LogP contribution in [0.3, 0.4) is 0 Å². The predicted octanol–water partition coefficient (Wildman–Crippen LogP) is 1.48. The summed E-state index contributed by atoms with van der Waals surface area (Å²) in [6, 6.07) is 6.12. The van der Waals surface area contributed by atoms with Crippen LogP contribution in [0, 0.1) is 6.92 Å². The number of nitrogen functional groups attached to an aromatic ring is 2. The molecular formula is C15H22N6O.